The van der Waals surface area contributed by atoms with Gasteiger partial charge in [-0.1, -0.05) is 19.8 Å². The average molecular weight is 306 g/mol. The van der Waals surface area contributed by atoms with Gasteiger partial charge >= 0.3 is 5.97 Å². The van der Waals surface area contributed by atoms with Crippen LogP contribution in [-0.2, 0) is 4.79 Å². The maximum absolute atomic E-state index is 12.1. The average Bonchev–Trinajstić information content (AvgIpc) is 2.50. The molecule has 6 heteroatoms. The monoisotopic (exact) mass is 306 g/mol. The summed E-state index contributed by atoms with van der Waals surface area (Å²) in [5, 5.41) is 11.6. The molecule has 2 amide bonds. The standard InChI is InChI=1S/C16H22N2O4/c1-4-5-6-13(16(21)22)17-14(19)11-7-9-12(10-8-11)15(20)18(2)3/h7-10,13H,4-6H2,1-3H3,(H,17,19)(H,21,22). The smallest absolute Gasteiger partial charge is 0.326 e. The van der Waals surface area contributed by atoms with Crippen molar-refractivity contribution in [2.24, 2.45) is 0 Å². The molecule has 0 aromatic heterocycles. The van der Waals surface area contributed by atoms with E-state index < -0.39 is 17.9 Å². The van der Waals surface area contributed by atoms with Gasteiger partial charge in [-0.25, -0.2) is 4.79 Å². The molecule has 0 saturated carbocycles. The number of hydrogen-bond donors (Lipinski definition) is 2. The van der Waals surface area contributed by atoms with Crippen molar-refractivity contribution in [1.29, 1.82) is 0 Å². The summed E-state index contributed by atoms with van der Waals surface area (Å²) in [4.78, 5) is 36.4. The lowest BCUT2D eigenvalue weighted by Gasteiger charge is -2.14. The number of nitrogens with one attached hydrogen (secondary N) is 1. The molecule has 0 radical (unpaired) electrons. The normalized spacial score (nSPS) is 11.6. The van der Waals surface area contributed by atoms with E-state index in [1.807, 2.05) is 6.92 Å². The molecule has 0 aliphatic rings. The number of unbranched alkanes of at least 4 members (excludes halogenated alkanes) is 1. The SMILES string of the molecule is CCCCC(NC(=O)c1ccc(C(=O)N(C)C)cc1)C(=O)O. The van der Waals surface area contributed by atoms with Crippen molar-refractivity contribution in [3.63, 3.8) is 0 Å². The summed E-state index contributed by atoms with van der Waals surface area (Å²) in [5.74, 6) is -1.65. The molecule has 0 heterocycles. The number of carbonyl (C=O) groups excluding carboxylic acids is 2. The molecule has 1 aromatic carbocycles. The van der Waals surface area contributed by atoms with E-state index in [2.05, 4.69) is 5.32 Å². The van der Waals surface area contributed by atoms with Crippen LogP contribution in [0.3, 0.4) is 0 Å². The van der Waals surface area contributed by atoms with E-state index in [0.717, 1.165) is 12.8 Å². The Morgan fingerprint density at radius 3 is 2.14 bits per heavy atom. The Morgan fingerprint density at radius 2 is 1.68 bits per heavy atom. The number of nitrogens with zero attached hydrogens (tertiary/aromatic N) is 1. The van der Waals surface area contributed by atoms with Crippen LogP contribution in [0.15, 0.2) is 24.3 Å². The van der Waals surface area contributed by atoms with E-state index in [9.17, 15) is 14.4 Å². The predicted octanol–water partition coefficient (Wildman–Crippen LogP) is 1.76. The Morgan fingerprint density at radius 1 is 1.14 bits per heavy atom. The summed E-state index contributed by atoms with van der Waals surface area (Å²) in [6.45, 7) is 1.96. The highest BCUT2D eigenvalue weighted by Gasteiger charge is 2.20. The minimum absolute atomic E-state index is 0.154. The fraction of sp³-hybridized carbons (Fsp3) is 0.438. The number of benzene rings is 1. The summed E-state index contributed by atoms with van der Waals surface area (Å²) in [6, 6.07) is 5.25. The first kappa shape index (κ1) is 17.7. The second-order valence-electron chi connectivity index (χ2n) is 5.28. The molecule has 0 spiro atoms. The number of rotatable bonds is 7. The first-order valence-corrected chi connectivity index (χ1v) is 7.22. The third-order valence-corrected chi connectivity index (χ3v) is 3.25. The molecule has 0 aliphatic carbocycles. The zero-order valence-corrected chi connectivity index (χ0v) is 13.1. The van der Waals surface area contributed by atoms with Gasteiger partial charge in [-0.2, -0.15) is 0 Å². The van der Waals surface area contributed by atoms with Crippen LogP contribution in [0.1, 0.15) is 46.9 Å². The van der Waals surface area contributed by atoms with Gasteiger partial charge in [0.15, 0.2) is 0 Å². The van der Waals surface area contributed by atoms with Gasteiger partial charge < -0.3 is 15.3 Å². The minimum atomic E-state index is -1.04. The number of hydrogen-bond acceptors (Lipinski definition) is 3. The molecular formula is C16H22N2O4. The number of carboxylic acids is 1. The van der Waals surface area contributed by atoms with Crippen molar-refractivity contribution >= 4 is 17.8 Å². The third-order valence-electron chi connectivity index (χ3n) is 3.25. The minimum Gasteiger partial charge on any atom is -0.480 e. The maximum atomic E-state index is 12.1. The Kier molecular flexibility index (Phi) is 6.56. The van der Waals surface area contributed by atoms with Crippen LogP contribution >= 0.6 is 0 Å². The van der Waals surface area contributed by atoms with E-state index >= 15 is 0 Å². The fourth-order valence-electron chi connectivity index (χ4n) is 1.93. The highest BCUT2D eigenvalue weighted by Crippen LogP contribution is 2.08. The molecule has 2 N–H and O–H groups in total. The van der Waals surface area contributed by atoms with Gasteiger partial charge in [0, 0.05) is 25.2 Å². The quantitative estimate of drug-likeness (QED) is 0.803. The predicted molar refractivity (Wildman–Crippen MR) is 82.9 cm³/mol. The van der Waals surface area contributed by atoms with E-state index in [-0.39, 0.29) is 5.91 Å². The van der Waals surface area contributed by atoms with Gasteiger partial charge in [0.2, 0.25) is 0 Å². The Balaban J connectivity index is 2.76. The van der Waals surface area contributed by atoms with E-state index in [0.29, 0.717) is 17.5 Å². The van der Waals surface area contributed by atoms with E-state index in [1.165, 1.54) is 17.0 Å². The van der Waals surface area contributed by atoms with Crippen LogP contribution < -0.4 is 5.32 Å². The van der Waals surface area contributed by atoms with Crippen molar-refractivity contribution in [2.75, 3.05) is 14.1 Å². The second-order valence-corrected chi connectivity index (χ2v) is 5.28. The molecule has 1 aromatic rings. The van der Waals surface area contributed by atoms with Crippen molar-refractivity contribution in [3.8, 4) is 0 Å². The molecule has 1 atom stereocenters. The van der Waals surface area contributed by atoms with Crippen LogP contribution in [0, 0.1) is 0 Å². The zero-order chi connectivity index (χ0) is 16.7. The maximum Gasteiger partial charge on any atom is 0.326 e. The molecule has 22 heavy (non-hydrogen) atoms. The molecule has 6 nitrogen and oxygen atoms in total. The molecule has 1 unspecified atom stereocenters. The lowest BCUT2D eigenvalue weighted by molar-refractivity contribution is -0.139. The zero-order valence-electron chi connectivity index (χ0n) is 13.1. The Hall–Kier alpha value is -2.37. The van der Waals surface area contributed by atoms with Gasteiger partial charge in [-0.05, 0) is 30.7 Å². The van der Waals surface area contributed by atoms with E-state index in [4.69, 9.17) is 5.11 Å². The number of aliphatic carboxylic acids is 1. The van der Waals surface area contributed by atoms with Gasteiger partial charge in [-0.3, -0.25) is 9.59 Å². The number of carboxylic acid groups (broad SMARTS) is 1. The van der Waals surface area contributed by atoms with Gasteiger partial charge in [0.1, 0.15) is 6.04 Å². The van der Waals surface area contributed by atoms with Crippen LogP contribution in [-0.4, -0.2) is 47.9 Å². The van der Waals surface area contributed by atoms with Crippen molar-refractivity contribution in [2.45, 2.75) is 32.2 Å². The van der Waals surface area contributed by atoms with Crippen LogP contribution in [0.4, 0.5) is 0 Å². The highest BCUT2D eigenvalue weighted by atomic mass is 16.4. The molecule has 0 aliphatic heterocycles. The van der Waals surface area contributed by atoms with E-state index in [1.54, 1.807) is 26.2 Å². The lowest BCUT2D eigenvalue weighted by atomic mass is 10.1. The van der Waals surface area contributed by atoms with Crippen LogP contribution in [0.2, 0.25) is 0 Å². The summed E-state index contributed by atoms with van der Waals surface area (Å²) < 4.78 is 0. The third kappa shape index (κ3) is 4.87. The van der Waals surface area contributed by atoms with Crippen molar-refractivity contribution in [1.82, 2.24) is 10.2 Å². The Labute approximate surface area is 130 Å². The largest absolute Gasteiger partial charge is 0.480 e. The summed E-state index contributed by atoms with van der Waals surface area (Å²) in [6.07, 6.45) is 1.99. The molecule has 0 bridgehead atoms. The highest BCUT2D eigenvalue weighted by molar-refractivity contribution is 5.98. The number of amides is 2. The van der Waals surface area contributed by atoms with Crippen molar-refractivity contribution < 1.29 is 19.5 Å². The summed E-state index contributed by atoms with van der Waals surface area (Å²) in [7, 11) is 3.29. The second kappa shape index (κ2) is 8.17. The molecule has 0 fully saturated rings. The fourth-order valence-corrected chi connectivity index (χ4v) is 1.93. The van der Waals surface area contributed by atoms with Crippen LogP contribution in [0.25, 0.3) is 0 Å². The molecule has 120 valence electrons. The lowest BCUT2D eigenvalue weighted by Crippen LogP contribution is -2.40. The molecular weight excluding hydrogens is 284 g/mol. The molecule has 0 saturated heterocycles. The number of carbonyl (C=O) groups is 3. The first-order chi connectivity index (χ1) is 10.4. The topological polar surface area (TPSA) is 86.7 Å². The summed E-state index contributed by atoms with van der Waals surface area (Å²) in [5.41, 5.74) is 0.806. The van der Waals surface area contributed by atoms with Gasteiger partial charge in [-0.15, -0.1) is 0 Å². The van der Waals surface area contributed by atoms with Gasteiger partial charge in [0.25, 0.3) is 11.8 Å². The van der Waals surface area contributed by atoms with Crippen molar-refractivity contribution in [3.05, 3.63) is 35.4 Å². The Bertz CT molecular complexity index is 538. The molecule has 1 rings (SSSR count). The van der Waals surface area contributed by atoms with Crippen LogP contribution in [0.5, 0.6) is 0 Å². The first-order valence-electron chi connectivity index (χ1n) is 7.22. The summed E-state index contributed by atoms with van der Waals surface area (Å²) >= 11 is 0. The van der Waals surface area contributed by atoms with Gasteiger partial charge in [0.05, 0.1) is 0 Å².